The fraction of sp³-hybridized carbons (Fsp3) is 0.222. The Balaban J connectivity index is 1.63. The molecule has 0 radical (unpaired) electrons. The van der Waals surface area contributed by atoms with E-state index in [4.69, 9.17) is 4.74 Å². The van der Waals surface area contributed by atoms with Crippen LogP contribution in [0.5, 0.6) is 5.75 Å². The standard InChI is InChI=1S/C18H19N3O3/c1-20-15-9-8-13(12-16(15)21(2)18(20)23)19-17(22)10-11-24-14-6-4-3-5-7-14/h3-9,12H,10-11H2,1-2H3,(H,19,22). The summed E-state index contributed by atoms with van der Waals surface area (Å²) < 4.78 is 8.65. The number of carbonyl (C=O) groups excluding carboxylic acids is 1. The smallest absolute Gasteiger partial charge is 0.328 e. The largest absolute Gasteiger partial charge is 0.493 e. The van der Waals surface area contributed by atoms with E-state index in [1.54, 1.807) is 35.4 Å². The normalized spacial score (nSPS) is 10.8. The maximum absolute atomic E-state index is 12.0. The number of nitrogens with zero attached hydrogens (tertiary/aromatic N) is 2. The van der Waals surface area contributed by atoms with Crippen molar-refractivity contribution in [3.8, 4) is 5.75 Å². The fourth-order valence-corrected chi connectivity index (χ4v) is 2.59. The van der Waals surface area contributed by atoms with Crippen molar-refractivity contribution in [3.05, 3.63) is 59.0 Å². The van der Waals surface area contributed by atoms with Crippen LogP contribution >= 0.6 is 0 Å². The van der Waals surface area contributed by atoms with E-state index >= 15 is 0 Å². The Hall–Kier alpha value is -3.02. The molecule has 3 rings (SSSR count). The number of aromatic nitrogens is 2. The van der Waals surface area contributed by atoms with Gasteiger partial charge in [-0.15, -0.1) is 0 Å². The molecule has 24 heavy (non-hydrogen) atoms. The number of aryl methyl sites for hydroxylation is 2. The van der Waals surface area contributed by atoms with Gasteiger partial charge in [-0.25, -0.2) is 4.79 Å². The van der Waals surface area contributed by atoms with Gasteiger partial charge in [0.2, 0.25) is 5.91 Å². The van der Waals surface area contributed by atoms with E-state index < -0.39 is 0 Å². The highest BCUT2D eigenvalue weighted by atomic mass is 16.5. The summed E-state index contributed by atoms with van der Waals surface area (Å²) in [4.78, 5) is 24.0. The van der Waals surface area contributed by atoms with Gasteiger partial charge in [-0.1, -0.05) is 18.2 Å². The second-order valence-corrected chi connectivity index (χ2v) is 5.56. The van der Waals surface area contributed by atoms with Gasteiger partial charge < -0.3 is 10.1 Å². The van der Waals surface area contributed by atoms with Crippen LogP contribution in [0.4, 0.5) is 5.69 Å². The van der Waals surface area contributed by atoms with Gasteiger partial charge >= 0.3 is 5.69 Å². The Kier molecular flexibility index (Phi) is 4.37. The number of hydrogen-bond acceptors (Lipinski definition) is 3. The van der Waals surface area contributed by atoms with Crippen molar-refractivity contribution in [2.24, 2.45) is 14.1 Å². The minimum atomic E-state index is -0.133. The number of amides is 1. The number of carbonyl (C=O) groups is 1. The molecular formula is C18H19N3O3. The van der Waals surface area contributed by atoms with E-state index in [9.17, 15) is 9.59 Å². The summed E-state index contributed by atoms with van der Waals surface area (Å²) in [5, 5.41) is 2.83. The molecule has 0 saturated carbocycles. The molecule has 0 fully saturated rings. The zero-order valence-corrected chi connectivity index (χ0v) is 13.7. The Bertz CT molecular complexity index is 926. The molecule has 0 aliphatic rings. The molecule has 0 spiro atoms. The third kappa shape index (κ3) is 3.17. The van der Waals surface area contributed by atoms with Crippen molar-refractivity contribution in [1.29, 1.82) is 0 Å². The molecule has 0 unspecified atom stereocenters. The molecule has 0 saturated heterocycles. The number of rotatable bonds is 5. The van der Waals surface area contributed by atoms with Crippen molar-refractivity contribution in [2.45, 2.75) is 6.42 Å². The average Bonchev–Trinajstić information content (AvgIpc) is 2.80. The van der Waals surface area contributed by atoms with Gasteiger partial charge in [0.15, 0.2) is 0 Å². The number of nitrogens with one attached hydrogen (secondary N) is 1. The number of fused-ring (bicyclic) bond motifs is 1. The van der Waals surface area contributed by atoms with Crippen LogP contribution in [-0.4, -0.2) is 21.6 Å². The van der Waals surface area contributed by atoms with Crippen LogP contribution in [0.25, 0.3) is 11.0 Å². The number of anilines is 1. The Labute approximate surface area is 139 Å². The number of imidazole rings is 1. The van der Waals surface area contributed by atoms with Crippen LogP contribution in [0.15, 0.2) is 53.3 Å². The van der Waals surface area contributed by atoms with Gasteiger partial charge in [0.1, 0.15) is 5.75 Å². The monoisotopic (exact) mass is 325 g/mol. The van der Waals surface area contributed by atoms with E-state index in [1.165, 1.54) is 0 Å². The molecule has 0 bridgehead atoms. The molecular weight excluding hydrogens is 306 g/mol. The highest BCUT2D eigenvalue weighted by Gasteiger charge is 2.09. The summed E-state index contributed by atoms with van der Waals surface area (Å²) in [5.41, 5.74) is 2.17. The lowest BCUT2D eigenvalue weighted by atomic mass is 10.2. The Morgan fingerprint density at radius 2 is 1.75 bits per heavy atom. The van der Waals surface area contributed by atoms with Crippen LogP contribution in [0.1, 0.15) is 6.42 Å². The van der Waals surface area contributed by atoms with Gasteiger partial charge in [-0.3, -0.25) is 13.9 Å². The third-order valence-electron chi connectivity index (χ3n) is 3.90. The summed E-state index contributed by atoms with van der Waals surface area (Å²) >= 11 is 0. The van der Waals surface area contributed by atoms with Crippen LogP contribution in [0, 0.1) is 0 Å². The SMILES string of the molecule is Cn1c(=O)n(C)c2cc(NC(=O)CCOc3ccccc3)ccc21. The number of hydrogen-bond donors (Lipinski definition) is 1. The average molecular weight is 325 g/mol. The summed E-state index contributed by atoms with van der Waals surface area (Å²) in [6.07, 6.45) is 0.251. The molecule has 3 aromatic rings. The minimum Gasteiger partial charge on any atom is -0.493 e. The third-order valence-corrected chi connectivity index (χ3v) is 3.90. The van der Waals surface area contributed by atoms with Crippen molar-refractivity contribution in [3.63, 3.8) is 0 Å². The summed E-state index contributed by atoms with van der Waals surface area (Å²) in [6, 6.07) is 14.8. The fourth-order valence-electron chi connectivity index (χ4n) is 2.59. The van der Waals surface area contributed by atoms with Crippen molar-refractivity contribution < 1.29 is 9.53 Å². The summed E-state index contributed by atoms with van der Waals surface area (Å²) in [7, 11) is 3.44. The number of para-hydroxylation sites is 1. The zero-order chi connectivity index (χ0) is 17.1. The van der Waals surface area contributed by atoms with Crippen LogP contribution in [0.2, 0.25) is 0 Å². The van der Waals surface area contributed by atoms with E-state index in [-0.39, 0.29) is 18.0 Å². The maximum Gasteiger partial charge on any atom is 0.328 e. The predicted octanol–water partition coefficient (Wildman–Crippen LogP) is 2.28. The molecule has 1 heterocycles. The Morgan fingerprint density at radius 3 is 2.50 bits per heavy atom. The van der Waals surface area contributed by atoms with Crippen molar-refractivity contribution in [2.75, 3.05) is 11.9 Å². The van der Waals surface area contributed by atoms with E-state index in [2.05, 4.69) is 5.32 Å². The van der Waals surface area contributed by atoms with Crippen LogP contribution < -0.4 is 15.7 Å². The number of ether oxygens (including phenoxy) is 1. The predicted molar refractivity (Wildman–Crippen MR) is 93.3 cm³/mol. The first kappa shape index (κ1) is 15.9. The van der Waals surface area contributed by atoms with Crippen molar-refractivity contribution in [1.82, 2.24) is 9.13 Å². The zero-order valence-electron chi connectivity index (χ0n) is 13.7. The second-order valence-electron chi connectivity index (χ2n) is 5.56. The summed E-state index contributed by atoms with van der Waals surface area (Å²) in [5.74, 6) is 0.609. The topological polar surface area (TPSA) is 65.3 Å². The number of benzene rings is 2. The summed E-state index contributed by atoms with van der Waals surface area (Å²) in [6.45, 7) is 0.307. The highest BCUT2D eigenvalue weighted by Crippen LogP contribution is 2.17. The van der Waals surface area contributed by atoms with Gasteiger partial charge in [-0.2, -0.15) is 0 Å². The highest BCUT2D eigenvalue weighted by molar-refractivity contribution is 5.93. The first-order valence-corrected chi connectivity index (χ1v) is 7.69. The maximum atomic E-state index is 12.0. The van der Waals surface area contributed by atoms with Gasteiger partial charge in [0.05, 0.1) is 24.1 Å². The molecule has 6 heteroatoms. The molecule has 6 nitrogen and oxygen atoms in total. The molecule has 0 aliphatic heterocycles. The first-order valence-electron chi connectivity index (χ1n) is 7.69. The second kappa shape index (κ2) is 6.62. The molecule has 0 aliphatic carbocycles. The van der Waals surface area contributed by atoms with Gasteiger partial charge in [-0.05, 0) is 30.3 Å². The van der Waals surface area contributed by atoms with E-state index in [1.807, 2.05) is 36.4 Å². The first-order chi connectivity index (χ1) is 11.6. The lowest BCUT2D eigenvalue weighted by Gasteiger charge is -2.07. The van der Waals surface area contributed by atoms with Crippen molar-refractivity contribution >= 4 is 22.6 Å². The molecule has 1 N–H and O–H groups in total. The van der Waals surface area contributed by atoms with Crippen LogP contribution in [0.3, 0.4) is 0 Å². The molecule has 2 aromatic carbocycles. The van der Waals surface area contributed by atoms with Gasteiger partial charge in [0, 0.05) is 19.8 Å². The lowest BCUT2D eigenvalue weighted by molar-refractivity contribution is -0.116. The lowest BCUT2D eigenvalue weighted by Crippen LogP contribution is -2.19. The molecule has 1 amide bonds. The molecule has 1 aromatic heterocycles. The quantitative estimate of drug-likeness (QED) is 0.783. The molecule has 124 valence electrons. The van der Waals surface area contributed by atoms with Gasteiger partial charge in [0.25, 0.3) is 0 Å². The Morgan fingerprint density at radius 1 is 1.04 bits per heavy atom. The minimum absolute atomic E-state index is 0.0928. The van der Waals surface area contributed by atoms with E-state index in [0.29, 0.717) is 12.3 Å². The van der Waals surface area contributed by atoms with E-state index in [0.717, 1.165) is 16.8 Å². The van der Waals surface area contributed by atoms with Crippen LogP contribution in [-0.2, 0) is 18.9 Å². The molecule has 0 atom stereocenters.